The molecule has 0 radical (unpaired) electrons. The summed E-state index contributed by atoms with van der Waals surface area (Å²) in [5, 5.41) is 20.3. The lowest BCUT2D eigenvalue weighted by molar-refractivity contribution is -0.385. The van der Waals surface area contributed by atoms with Crippen LogP contribution in [0, 0.1) is 26.9 Å². The molecule has 94 valence electrons. The quantitative estimate of drug-likeness (QED) is 0.606. The Morgan fingerprint density at radius 1 is 1.39 bits per heavy atom. The third kappa shape index (κ3) is 2.49. The van der Waals surface area contributed by atoms with E-state index < -0.39 is 5.41 Å². The molecule has 1 aliphatic heterocycles. The molecule has 5 nitrogen and oxygen atoms in total. The molecule has 1 fully saturated rings. The largest absolute Gasteiger partial charge is 0.381 e. The van der Waals surface area contributed by atoms with Crippen molar-refractivity contribution >= 4 is 5.69 Å². The van der Waals surface area contributed by atoms with Crippen molar-refractivity contribution in [2.45, 2.75) is 19.3 Å². The Bertz CT molecular complexity index is 487. The van der Waals surface area contributed by atoms with Crippen LogP contribution < -0.4 is 0 Å². The second kappa shape index (κ2) is 5.15. The van der Waals surface area contributed by atoms with E-state index >= 15 is 0 Å². The van der Waals surface area contributed by atoms with Gasteiger partial charge in [0.25, 0.3) is 5.69 Å². The second-order valence-electron chi connectivity index (χ2n) is 4.57. The van der Waals surface area contributed by atoms with Crippen molar-refractivity contribution in [1.82, 2.24) is 0 Å². The standard InChI is InChI=1S/C13H14N2O3/c14-10-13(5-7-18-8-6-13)9-11-3-1-2-4-12(11)15(16)17/h1-4H,5-9H2. The van der Waals surface area contributed by atoms with Gasteiger partial charge in [-0.15, -0.1) is 0 Å². The molecule has 5 heteroatoms. The number of nitriles is 1. The van der Waals surface area contributed by atoms with Crippen molar-refractivity contribution in [2.75, 3.05) is 13.2 Å². The number of nitro groups is 1. The van der Waals surface area contributed by atoms with Gasteiger partial charge in [-0.25, -0.2) is 0 Å². The van der Waals surface area contributed by atoms with E-state index in [0.717, 1.165) is 0 Å². The molecule has 1 aliphatic rings. The Hall–Kier alpha value is -1.93. The maximum Gasteiger partial charge on any atom is 0.272 e. The highest BCUT2D eigenvalue weighted by molar-refractivity contribution is 5.41. The van der Waals surface area contributed by atoms with E-state index in [-0.39, 0.29) is 10.6 Å². The maximum atomic E-state index is 11.0. The molecule has 0 aromatic heterocycles. The molecule has 0 bridgehead atoms. The lowest BCUT2D eigenvalue weighted by Gasteiger charge is -2.30. The summed E-state index contributed by atoms with van der Waals surface area (Å²) in [5.41, 5.74) is 0.203. The molecular weight excluding hydrogens is 232 g/mol. The van der Waals surface area contributed by atoms with Gasteiger partial charge < -0.3 is 4.74 Å². The second-order valence-corrected chi connectivity index (χ2v) is 4.57. The summed E-state index contributed by atoms with van der Waals surface area (Å²) in [6.45, 7) is 1.10. The van der Waals surface area contributed by atoms with Crippen LogP contribution in [0.1, 0.15) is 18.4 Å². The van der Waals surface area contributed by atoms with Gasteiger partial charge in [0.2, 0.25) is 0 Å². The number of hydrogen-bond acceptors (Lipinski definition) is 4. The van der Waals surface area contributed by atoms with E-state index in [1.165, 1.54) is 6.07 Å². The molecular formula is C13H14N2O3. The molecule has 1 saturated heterocycles. The minimum absolute atomic E-state index is 0.0959. The predicted octanol–water partition coefficient (Wildman–Crippen LogP) is 2.46. The first kappa shape index (κ1) is 12.5. The van der Waals surface area contributed by atoms with Crippen molar-refractivity contribution in [3.8, 4) is 6.07 Å². The maximum absolute atomic E-state index is 11.0. The summed E-state index contributed by atoms with van der Waals surface area (Å²) < 4.78 is 5.26. The highest BCUT2D eigenvalue weighted by Gasteiger charge is 2.34. The van der Waals surface area contributed by atoms with Crippen LogP contribution in [0.15, 0.2) is 24.3 Å². The predicted molar refractivity (Wildman–Crippen MR) is 64.9 cm³/mol. The highest BCUT2D eigenvalue weighted by Crippen LogP contribution is 2.35. The Labute approximate surface area is 105 Å². The smallest absolute Gasteiger partial charge is 0.272 e. The van der Waals surface area contributed by atoms with Crippen LogP contribution in [-0.4, -0.2) is 18.1 Å². The number of hydrogen-bond donors (Lipinski definition) is 0. The summed E-state index contributed by atoms with van der Waals surface area (Å²) in [6, 6.07) is 8.96. The average molecular weight is 246 g/mol. The van der Waals surface area contributed by atoms with Gasteiger partial charge in [-0.05, 0) is 19.3 Å². The topological polar surface area (TPSA) is 76.2 Å². The SMILES string of the molecule is N#CC1(Cc2ccccc2[N+](=O)[O-])CCOCC1. The van der Waals surface area contributed by atoms with Gasteiger partial charge in [0.1, 0.15) is 0 Å². The van der Waals surface area contributed by atoms with Crippen LogP contribution in [0.2, 0.25) is 0 Å². The van der Waals surface area contributed by atoms with Gasteiger partial charge in [0.15, 0.2) is 0 Å². The normalized spacial score (nSPS) is 17.9. The lowest BCUT2D eigenvalue weighted by Crippen LogP contribution is -2.30. The third-order valence-corrected chi connectivity index (χ3v) is 3.40. The molecule has 0 aliphatic carbocycles. The number of benzene rings is 1. The zero-order valence-corrected chi connectivity index (χ0v) is 9.96. The molecule has 1 aromatic carbocycles. The Kier molecular flexibility index (Phi) is 3.58. The van der Waals surface area contributed by atoms with Crippen LogP contribution in [0.4, 0.5) is 5.69 Å². The zero-order valence-electron chi connectivity index (χ0n) is 9.96. The zero-order chi connectivity index (χ0) is 13.0. The fourth-order valence-corrected chi connectivity index (χ4v) is 2.29. The van der Waals surface area contributed by atoms with E-state index in [4.69, 9.17) is 4.74 Å². The van der Waals surface area contributed by atoms with Crippen LogP contribution >= 0.6 is 0 Å². The van der Waals surface area contributed by atoms with Gasteiger partial charge in [-0.2, -0.15) is 5.26 Å². The van der Waals surface area contributed by atoms with E-state index in [1.54, 1.807) is 18.2 Å². The number of para-hydroxylation sites is 1. The summed E-state index contributed by atoms with van der Waals surface area (Å²) in [5.74, 6) is 0. The Morgan fingerprint density at radius 3 is 2.67 bits per heavy atom. The molecule has 2 rings (SSSR count). The number of rotatable bonds is 3. The van der Waals surface area contributed by atoms with Crippen LogP contribution in [0.5, 0.6) is 0 Å². The summed E-state index contributed by atoms with van der Waals surface area (Å²) >= 11 is 0. The van der Waals surface area contributed by atoms with E-state index in [2.05, 4.69) is 6.07 Å². The highest BCUT2D eigenvalue weighted by atomic mass is 16.6. The molecule has 0 spiro atoms. The molecule has 0 saturated carbocycles. The molecule has 1 heterocycles. The first-order chi connectivity index (χ1) is 8.67. The van der Waals surface area contributed by atoms with Gasteiger partial charge in [0.05, 0.1) is 16.4 Å². The number of ether oxygens (including phenoxy) is 1. The van der Waals surface area contributed by atoms with E-state index in [1.807, 2.05) is 0 Å². The fraction of sp³-hybridized carbons (Fsp3) is 0.462. The van der Waals surface area contributed by atoms with Crippen molar-refractivity contribution in [2.24, 2.45) is 5.41 Å². The Morgan fingerprint density at radius 2 is 2.06 bits per heavy atom. The lowest BCUT2D eigenvalue weighted by atomic mass is 9.76. The van der Waals surface area contributed by atoms with E-state index in [9.17, 15) is 15.4 Å². The first-order valence-electron chi connectivity index (χ1n) is 5.88. The van der Waals surface area contributed by atoms with Gasteiger partial charge in [-0.1, -0.05) is 18.2 Å². The summed E-state index contributed by atoms with van der Waals surface area (Å²) in [4.78, 5) is 10.6. The summed E-state index contributed by atoms with van der Waals surface area (Å²) in [6.07, 6.45) is 1.69. The molecule has 0 unspecified atom stereocenters. The minimum atomic E-state index is -0.523. The first-order valence-corrected chi connectivity index (χ1v) is 5.88. The van der Waals surface area contributed by atoms with Crippen LogP contribution in [0.25, 0.3) is 0 Å². The molecule has 18 heavy (non-hydrogen) atoms. The van der Waals surface area contributed by atoms with Gasteiger partial charge in [-0.3, -0.25) is 10.1 Å². The van der Waals surface area contributed by atoms with Crippen molar-refractivity contribution in [3.05, 3.63) is 39.9 Å². The van der Waals surface area contributed by atoms with Gasteiger partial charge >= 0.3 is 0 Å². The Balaban J connectivity index is 2.27. The van der Waals surface area contributed by atoms with Crippen molar-refractivity contribution in [3.63, 3.8) is 0 Å². The number of nitro benzene ring substituents is 1. The number of nitrogens with zero attached hydrogens (tertiary/aromatic N) is 2. The third-order valence-electron chi connectivity index (χ3n) is 3.40. The molecule has 0 amide bonds. The molecule has 1 aromatic rings. The van der Waals surface area contributed by atoms with Crippen molar-refractivity contribution < 1.29 is 9.66 Å². The monoisotopic (exact) mass is 246 g/mol. The van der Waals surface area contributed by atoms with E-state index in [0.29, 0.717) is 38.0 Å². The van der Waals surface area contributed by atoms with Crippen LogP contribution in [-0.2, 0) is 11.2 Å². The van der Waals surface area contributed by atoms with Gasteiger partial charge in [0, 0.05) is 24.8 Å². The van der Waals surface area contributed by atoms with Crippen LogP contribution in [0.3, 0.4) is 0 Å². The summed E-state index contributed by atoms with van der Waals surface area (Å²) in [7, 11) is 0. The molecule has 0 atom stereocenters. The molecule has 0 N–H and O–H groups in total. The van der Waals surface area contributed by atoms with Crippen molar-refractivity contribution in [1.29, 1.82) is 5.26 Å². The fourth-order valence-electron chi connectivity index (χ4n) is 2.29. The minimum Gasteiger partial charge on any atom is -0.381 e. The average Bonchev–Trinajstić information content (AvgIpc) is 2.40.